The minimum absolute atomic E-state index is 0.333. The number of hydrogen-bond acceptors (Lipinski definition) is 7. The first-order valence-corrected chi connectivity index (χ1v) is 14.6. The quantitative estimate of drug-likeness (QED) is 0.290. The van der Waals surface area contributed by atoms with Crippen molar-refractivity contribution in [2.75, 3.05) is 44.7 Å². The molecule has 3 aromatic rings. The van der Waals surface area contributed by atoms with Gasteiger partial charge in [0, 0.05) is 45.5 Å². The van der Waals surface area contributed by atoms with E-state index in [2.05, 4.69) is 81.7 Å². The van der Waals surface area contributed by atoms with Gasteiger partial charge in [0.2, 0.25) is 0 Å². The van der Waals surface area contributed by atoms with Gasteiger partial charge in [-0.25, -0.2) is 19.4 Å². The Morgan fingerprint density at radius 2 is 1.28 bits per heavy atom. The summed E-state index contributed by atoms with van der Waals surface area (Å²) in [6.45, 7) is 8.69. The maximum atomic E-state index is 10.6. The molecule has 0 spiro atoms. The van der Waals surface area contributed by atoms with E-state index in [9.17, 15) is 39.5 Å². The minimum Gasteiger partial charge on any atom is -0.475 e. The van der Waals surface area contributed by atoms with E-state index in [1.165, 1.54) is 35.5 Å². The van der Waals surface area contributed by atoms with E-state index in [1.807, 2.05) is 0 Å². The lowest BCUT2D eigenvalue weighted by molar-refractivity contribution is -0.193. The van der Waals surface area contributed by atoms with Gasteiger partial charge in [-0.2, -0.15) is 39.5 Å². The second kappa shape index (κ2) is 17.4. The summed E-state index contributed by atoms with van der Waals surface area (Å²) >= 11 is 0. The number of carboxylic acids is 3. The third-order valence-electron chi connectivity index (χ3n) is 7.21. The zero-order chi connectivity index (χ0) is 38.0. The summed E-state index contributed by atoms with van der Waals surface area (Å²) in [7, 11) is 2.24. The Labute approximate surface area is 279 Å². The van der Waals surface area contributed by atoms with Crippen LogP contribution in [-0.4, -0.2) is 111 Å². The van der Waals surface area contributed by atoms with Crippen molar-refractivity contribution in [3.63, 3.8) is 0 Å². The van der Waals surface area contributed by atoms with Gasteiger partial charge in [0.1, 0.15) is 11.5 Å². The van der Waals surface area contributed by atoms with Gasteiger partial charge < -0.3 is 20.2 Å². The van der Waals surface area contributed by atoms with Gasteiger partial charge >= 0.3 is 36.4 Å². The molecular formula is C30H34F9N5O6. The molecule has 5 rings (SSSR count). The molecule has 20 heteroatoms. The lowest BCUT2D eigenvalue weighted by atomic mass is 10.1. The van der Waals surface area contributed by atoms with Crippen molar-refractivity contribution in [2.45, 2.75) is 50.9 Å². The molecule has 0 bridgehead atoms. The number of likely N-dealkylation sites (N-methyl/N-ethyl adjacent to an activating group) is 1. The molecule has 0 amide bonds. The molecule has 1 aromatic carbocycles. The molecule has 3 N–H and O–H groups in total. The summed E-state index contributed by atoms with van der Waals surface area (Å²) in [5.74, 6) is -6.98. The monoisotopic (exact) mass is 731 g/mol. The SMILES string of the molecule is Cc1cccc(CN2CCN(C)C(c3cn4c(N5CCCC5)cccc4n3)C2)c1.O=C(O)C(F)(F)F.O=C(O)C(F)(F)F.O=C(O)C(F)(F)F. The number of carbonyl (C=O) groups is 3. The van der Waals surface area contributed by atoms with Crippen LogP contribution in [0.25, 0.3) is 5.65 Å². The second-order valence-corrected chi connectivity index (χ2v) is 11.1. The second-order valence-electron chi connectivity index (χ2n) is 11.1. The van der Waals surface area contributed by atoms with E-state index in [-0.39, 0.29) is 0 Å². The Bertz CT molecular complexity index is 1530. The highest BCUT2D eigenvalue weighted by atomic mass is 19.4. The van der Waals surface area contributed by atoms with Crippen molar-refractivity contribution >= 4 is 29.4 Å². The van der Waals surface area contributed by atoms with Crippen molar-refractivity contribution in [1.29, 1.82) is 0 Å². The van der Waals surface area contributed by atoms with Crippen molar-refractivity contribution in [1.82, 2.24) is 19.2 Å². The van der Waals surface area contributed by atoms with Crippen molar-refractivity contribution in [2.24, 2.45) is 0 Å². The fourth-order valence-electron chi connectivity index (χ4n) is 4.84. The van der Waals surface area contributed by atoms with Crippen LogP contribution in [-0.2, 0) is 20.9 Å². The molecule has 2 saturated heterocycles. The van der Waals surface area contributed by atoms with Crippen molar-refractivity contribution in [3.8, 4) is 0 Å². The summed E-state index contributed by atoms with van der Waals surface area (Å²) in [5.41, 5.74) is 4.99. The maximum absolute atomic E-state index is 10.6. The number of alkyl halides is 9. The Hall–Kier alpha value is -4.59. The first kappa shape index (κ1) is 41.6. The Morgan fingerprint density at radius 1 is 0.780 bits per heavy atom. The van der Waals surface area contributed by atoms with E-state index < -0.39 is 36.4 Å². The van der Waals surface area contributed by atoms with E-state index >= 15 is 0 Å². The number of aromatic nitrogens is 2. The average Bonchev–Trinajstić information content (AvgIpc) is 3.68. The normalized spacial score (nSPS) is 17.1. The molecule has 2 aliphatic rings. The number of aryl methyl sites for hydroxylation is 1. The first-order chi connectivity index (χ1) is 23.0. The highest BCUT2D eigenvalue weighted by molar-refractivity contribution is 5.73. The number of halogens is 9. The Morgan fingerprint density at radius 3 is 1.76 bits per heavy atom. The number of pyridine rings is 1. The number of imidazole rings is 1. The van der Waals surface area contributed by atoms with Gasteiger partial charge in [0.25, 0.3) is 0 Å². The largest absolute Gasteiger partial charge is 0.490 e. The summed E-state index contributed by atoms with van der Waals surface area (Å²) < 4.78 is 97.5. The van der Waals surface area contributed by atoms with E-state index in [0.717, 1.165) is 44.9 Å². The van der Waals surface area contributed by atoms with Crippen LogP contribution in [0.2, 0.25) is 0 Å². The maximum Gasteiger partial charge on any atom is 0.490 e. The van der Waals surface area contributed by atoms with Gasteiger partial charge in [-0.05, 0) is 44.5 Å². The van der Waals surface area contributed by atoms with Crippen LogP contribution < -0.4 is 4.90 Å². The zero-order valence-corrected chi connectivity index (χ0v) is 26.6. The third kappa shape index (κ3) is 13.0. The van der Waals surface area contributed by atoms with Crippen molar-refractivity contribution < 1.29 is 69.2 Å². The standard InChI is InChI=1S/C24H31N5.3C2HF3O2/c1-19-7-5-8-20(15-19)16-27-14-13-26(2)22(18-27)21-17-29-23(25-21)9-6-10-24(29)28-11-3-4-12-28;3*3-2(4,5)1(6)7/h5-10,15,17,22H,3-4,11-14,16,18H2,1-2H3;3*(H,6,7). The average molecular weight is 732 g/mol. The Balaban J connectivity index is 0.000000338. The number of piperazine rings is 1. The van der Waals surface area contributed by atoms with Gasteiger partial charge in [0.05, 0.1) is 11.7 Å². The highest BCUT2D eigenvalue weighted by Gasteiger charge is 2.39. The molecular weight excluding hydrogens is 697 g/mol. The first-order valence-electron chi connectivity index (χ1n) is 14.6. The fraction of sp³-hybridized carbons (Fsp3) is 0.467. The van der Waals surface area contributed by atoms with Crippen LogP contribution in [0.5, 0.6) is 0 Å². The topological polar surface area (TPSA) is 139 Å². The predicted octanol–water partition coefficient (Wildman–Crippen LogP) is 5.63. The smallest absolute Gasteiger partial charge is 0.475 e. The number of aliphatic carboxylic acids is 3. The molecule has 50 heavy (non-hydrogen) atoms. The molecule has 2 aromatic heterocycles. The Kier molecular flexibility index (Phi) is 14.4. The summed E-state index contributed by atoms with van der Waals surface area (Å²) in [5, 5.41) is 21.4. The fourth-order valence-corrected chi connectivity index (χ4v) is 4.84. The number of nitrogens with zero attached hydrogens (tertiary/aromatic N) is 5. The molecule has 11 nitrogen and oxygen atoms in total. The van der Waals surface area contributed by atoms with Crippen LogP contribution in [0.15, 0.2) is 48.7 Å². The number of fused-ring (bicyclic) bond motifs is 1. The zero-order valence-electron chi connectivity index (χ0n) is 26.6. The predicted molar refractivity (Wildman–Crippen MR) is 160 cm³/mol. The molecule has 1 unspecified atom stereocenters. The van der Waals surface area contributed by atoms with Gasteiger partial charge in [0.15, 0.2) is 0 Å². The molecule has 1 atom stereocenters. The van der Waals surface area contributed by atoms with Crippen LogP contribution in [0, 0.1) is 6.92 Å². The molecule has 2 aliphatic heterocycles. The third-order valence-corrected chi connectivity index (χ3v) is 7.21. The molecule has 2 fully saturated rings. The van der Waals surface area contributed by atoms with E-state index in [1.54, 1.807) is 0 Å². The molecule has 4 heterocycles. The van der Waals surface area contributed by atoms with Gasteiger partial charge in [-0.1, -0.05) is 35.9 Å². The molecule has 0 radical (unpaired) electrons. The summed E-state index contributed by atoms with van der Waals surface area (Å²) in [6, 6.07) is 15.7. The number of benzene rings is 1. The van der Waals surface area contributed by atoms with E-state index in [0.29, 0.717) is 6.04 Å². The number of rotatable bonds is 4. The number of anilines is 1. The van der Waals surface area contributed by atoms with Gasteiger partial charge in [-0.3, -0.25) is 14.2 Å². The minimum atomic E-state index is -5.08. The summed E-state index contributed by atoms with van der Waals surface area (Å²) in [4.78, 5) is 39.3. The summed E-state index contributed by atoms with van der Waals surface area (Å²) in [6.07, 6.45) is -10.4. The number of hydrogen-bond donors (Lipinski definition) is 3. The van der Waals surface area contributed by atoms with Crippen LogP contribution in [0.3, 0.4) is 0 Å². The van der Waals surface area contributed by atoms with Gasteiger partial charge in [-0.15, -0.1) is 0 Å². The van der Waals surface area contributed by atoms with Crippen LogP contribution in [0.4, 0.5) is 45.3 Å². The van der Waals surface area contributed by atoms with Crippen LogP contribution >= 0.6 is 0 Å². The highest BCUT2D eigenvalue weighted by Crippen LogP contribution is 2.28. The van der Waals surface area contributed by atoms with Crippen LogP contribution in [0.1, 0.15) is 35.7 Å². The van der Waals surface area contributed by atoms with Crippen molar-refractivity contribution in [3.05, 3.63) is 65.5 Å². The number of carboxylic acid groups (broad SMARTS) is 3. The molecule has 0 saturated carbocycles. The van der Waals surface area contributed by atoms with E-state index in [4.69, 9.17) is 34.7 Å². The molecule has 278 valence electrons. The lowest BCUT2D eigenvalue weighted by Gasteiger charge is -2.38. The molecule has 0 aliphatic carbocycles. The lowest BCUT2D eigenvalue weighted by Crippen LogP contribution is -2.46.